The third-order valence-corrected chi connectivity index (χ3v) is 3.70. The zero-order valence-corrected chi connectivity index (χ0v) is 14.2. The third kappa shape index (κ3) is 4.38. The van der Waals surface area contributed by atoms with Gasteiger partial charge in [-0.25, -0.2) is 0 Å². The van der Waals surface area contributed by atoms with E-state index in [0.717, 1.165) is 16.9 Å². The van der Waals surface area contributed by atoms with Crippen molar-refractivity contribution >= 4 is 17.4 Å². The predicted molar refractivity (Wildman–Crippen MR) is 96.6 cm³/mol. The van der Waals surface area contributed by atoms with Gasteiger partial charge in [-0.15, -0.1) is 10.2 Å². The van der Waals surface area contributed by atoms with E-state index in [-0.39, 0.29) is 11.6 Å². The number of aromatic nitrogens is 3. The molecule has 0 radical (unpaired) electrons. The summed E-state index contributed by atoms with van der Waals surface area (Å²) in [7, 11) is 0. The van der Waals surface area contributed by atoms with Gasteiger partial charge in [-0.2, -0.15) is 0 Å². The highest BCUT2D eigenvalue weighted by Gasteiger charge is 2.09. The summed E-state index contributed by atoms with van der Waals surface area (Å²) < 4.78 is 0. The molecule has 6 heteroatoms. The number of anilines is 2. The molecule has 1 aromatic carbocycles. The van der Waals surface area contributed by atoms with Gasteiger partial charge in [0.1, 0.15) is 0 Å². The lowest BCUT2D eigenvalue weighted by molar-refractivity contribution is 0.0944. The summed E-state index contributed by atoms with van der Waals surface area (Å²) in [4.78, 5) is 16.3. The molecule has 6 nitrogen and oxygen atoms in total. The Labute approximate surface area is 146 Å². The fraction of sp³-hybridized carbons (Fsp3) is 0.158. The first-order valence-electron chi connectivity index (χ1n) is 7.98. The summed E-state index contributed by atoms with van der Waals surface area (Å²) in [5.41, 5.74) is 4.35. The molecule has 2 heterocycles. The number of benzene rings is 1. The van der Waals surface area contributed by atoms with Crippen molar-refractivity contribution in [3.05, 3.63) is 77.2 Å². The quantitative estimate of drug-likeness (QED) is 0.750. The molecule has 0 fully saturated rings. The molecule has 0 unspecified atom stereocenters. The van der Waals surface area contributed by atoms with Crippen LogP contribution in [-0.2, 0) is 6.54 Å². The van der Waals surface area contributed by atoms with E-state index in [0.29, 0.717) is 12.4 Å². The zero-order chi connectivity index (χ0) is 17.6. The zero-order valence-electron chi connectivity index (χ0n) is 14.2. The van der Waals surface area contributed by atoms with Gasteiger partial charge in [0.2, 0.25) is 0 Å². The number of rotatable bonds is 5. The van der Waals surface area contributed by atoms with Crippen molar-refractivity contribution < 1.29 is 4.79 Å². The van der Waals surface area contributed by atoms with Gasteiger partial charge in [-0.3, -0.25) is 9.78 Å². The van der Waals surface area contributed by atoms with Crippen LogP contribution in [0.3, 0.4) is 0 Å². The molecule has 1 amide bonds. The number of nitrogens with zero attached hydrogens (tertiary/aromatic N) is 3. The van der Waals surface area contributed by atoms with Crippen LogP contribution in [0, 0.1) is 13.8 Å². The molecule has 126 valence electrons. The predicted octanol–water partition coefficient (Wildman–Crippen LogP) is 3.16. The summed E-state index contributed by atoms with van der Waals surface area (Å²) in [6.07, 6.45) is 1.69. The van der Waals surface area contributed by atoms with Crippen LogP contribution in [0.4, 0.5) is 11.5 Å². The van der Waals surface area contributed by atoms with Crippen molar-refractivity contribution in [3.63, 3.8) is 0 Å². The number of pyridine rings is 1. The molecule has 3 rings (SSSR count). The summed E-state index contributed by atoms with van der Waals surface area (Å²) in [5.74, 6) is 0.310. The largest absolute Gasteiger partial charge is 0.345 e. The van der Waals surface area contributed by atoms with Gasteiger partial charge in [0, 0.05) is 11.9 Å². The molecule has 0 spiro atoms. The highest BCUT2D eigenvalue weighted by Crippen LogP contribution is 2.19. The van der Waals surface area contributed by atoms with Gasteiger partial charge in [-0.1, -0.05) is 23.8 Å². The van der Waals surface area contributed by atoms with Gasteiger partial charge in [0.05, 0.1) is 12.2 Å². The first kappa shape index (κ1) is 16.6. The van der Waals surface area contributed by atoms with Gasteiger partial charge < -0.3 is 10.6 Å². The van der Waals surface area contributed by atoms with Gasteiger partial charge >= 0.3 is 0 Å². The van der Waals surface area contributed by atoms with E-state index in [1.807, 2.05) is 37.3 Å². The second-order valence-electron chi connectivity index (χ2n) is 5.75. The van der Waals surface area contributed by atoms with Gasteiger partial charge in [0.25, 0.3) is 5.91 Å². The number of hydrogen-bond acceptors (Lipinski definition) is 5. The van der Waals surface area contributed by atoms with Gasteiger partial charge in [0.15, 0.2) is 11.5 Å². The molecular formula is C19H19N5O. The molecular weight excluding hydrogens is 314 g/mol. The number of hydrogen-bond donors (Lipinski definition) is 2. The summed E-state index contributed by atoms with van der Waals surface area (Å²) in [6, 6.07) is 15.1. The number of amides is 1. The molecule has 0 aliphatic carbocycles. The standard InChI is InChI=1S/C19H19N5O/c1-13-6-7-16(14(2)11-13)22-18-9-8-17(23-24-18)19(25)21-12-15-5-3-4-10-20-15/h3-11H,12H2,1-2H3,(H,21,25)(H,22,24). The molecule has 3 aromatic rings. The Balaban J connectivity index is 1.62. The molecule has 25 heavy (non-hydrogen) atoms. The Morgan fingerprint density at radius 3 is 2.60 bits per heavy atom. The number of nitrogens with one attached hydrogen (secondary N) is 2. The van der Waals surface area contributed by atoms with E-state index in [4.69, 9.17) is 0 Å². The number of carbonyl (C=O) groups excluding carboxylic acids is 1. The molecule has 0 aliphatic rings. The maximum absolute atomic E-state index is 12.1. The van der Waals surface area contributed by atoms with Crippen molar-refractivity contribution in [1.29, 1.82) is 0 Å². The van der Waals surface area contributed by atoms with Crippen LogP contribution in [0.5, 0.6) is 0 Å². The van der Waals surface area contributed by atoms with Crippen LogP contribution in [-0.4, -0.2) is 21.1 Å². The topological polar surface area (TPSA) is 79.8 Å². The first-order valence-corrected chi connectivity index (χ1v) is 7.98. The second-order valence-corrected chi connectivity index (χ2v) is 5.75. The Morgan fingerprint density at radius 2 is 1.92 bits per heavy atom. The number of aryl methyl sites for hydroxylation is 2. The maximum Gasteiger partial charge on any atom is 0.272 e. The average Bonchev–Trinajstić information content (AvgIpc) is 2.63. The minimum absolute atomic E-state index is 0.266. The normalized spacial score (nSPS) is 10.3. The summed E-state index contributed by atoms with van der Waals surface area (Å²) in [5, 5.41) is 14.0. The van der Waals surface area contributed by atoms with Crippen LogP contribution < -0.4 is 10.6 Å². The maximum atomic E-state index is 12.1. The van der Waals surface area contributed by atoms with Gasteiger partial charge in [-0.05, 0) is 49.7 Å². The molecule has 2 aromatic heterocycles. The van der Waals surface area contributed by atoms with Crippen molar-refractivity contribution in [3.8, 4) is 0 Å². The van der Waals surface area contributed by atoms with E-state index < -0.39 is 0 Å². The van der Waals surface area contributed by atoms with Crippen LogP contribution in [0.2, 0.25) is 0 Å². The number of carbonyl (C=O) groups is 1. The van der Waals surface area contributed by atoms with Crippen molar-refractivity contribution in [2.45, 2.75) is 20.4 Å². The van der Waals surface area contributed by atoms with E-state index in [2.05, 4.69) is 38.8 Å². The van der Waals surface area contributed by atoms with Crippen molar-refractivity contribution in [2.75, 3.05) is 5.32 Å². The monoisotopic (exact) mass is 333 g/mol. The fourth-order valence-electron chi connectivity index (χ4n) is 2.38. The van der Waals surface area contributed by atoms with Crippen LogP contribution in [0.1, 0.15) is 27.3 Å². The average molecular weight is 333 g/mol. The van der Waals surface area contributed by atoms with Crippen molar-refractivity contribution in [1.82, 2.24) is 20.5 Å². The minimum Gasteiger partial charge on any atom is -0.345 e. The molecule has 2 N–H and O–H groups in total. The first-order chi connectivity index (χ1) is 12.1. The summed E-state index contributed by atoms with van der Waals surface area (Å²) in [6.45, 7) is 4.43. The van der Waals surface area contributed by atoms with Crippen molar-refractivity contribution in [2.24, 2.45) is 0 Å². The van der Waals surface area contributed by atoms with E-state index in [1.165, 1.54) is 5.56 Å². The third-order valence-electron chi connectivity index (χ3n) is 3.70. The lowest BCUT2D eigenvalue weighted by atomic mass is 10.1. The minimum atomic E-state index is -0.281. The lowest BCUT2D eigenvalue weighted by Crippen LogP contribution is -2.24. The molecule has 0 aliphatic heterocycles. The molecule has 0 saturated carbocycles. The fourth-order valence-corrected chi connectivity index (χ4v) is 2.38. The van der Waals surface area contributed by atoms with E-state index in [1.54, 1.807) is 18.3 Å². The summed E-state index contributed by atoms with van der Waals surface area (Å²) >= 11 is 0. The Kier molecular flexibility index (Phi) is 4.99. The highest BCUT2D eigenvalue weighted by atomic mass is 16.1. The van der Waals surface area contributed by atoms with Crippen LogP contribution in [0.25, 0.3) is 0 Å². The SMILES string of the molecule is Cc1ccc(Nc2ccc(C(=O)NCc3ccccn3)nn2)c(C)c1. The van der Waals surface area contributed by atoms with E-state index in [9.17, 15) is 4.79 Å². The molecule has 0 bridgehead atoms. The van der Waals surface area contributed by atoms with Crippen LogP contribution in [0.15, 0.2) is 54.7 Å². The van der Waals surface area contributed by atoms with E-state index >= 15 is 0 Å². The Bertz CT molecular complexity index is 863. The second kappa shape index (κ2) is 7.53. The Hall–Kier alpha value is -3.28. The molecule has 0 saturated heterocycles. The Morgan fingerprint density at radius 1 is 1.04 bits per heavy atom. The highest BCUT2D eigenvalue weighted by molar-refractivity contribution is 5.92. The lowest BCUT2D eigenvalue weighted by Gasteiger charge is -2.09. The molecule has 0 atom stereocenters. The smallest absolute Gasteiger partial charge is 0.272 e. The van der Waals surface area contributed by atoms with Crippen LogP contribution >= 0.6 is 0 Å².